The van der Waals surface area contributed by atoms with Crippen LogP contribution in [0.25, 0.3) is 0 Å². The lowest BCUT2D eigenvalue weighted by Gasteiger charge is -2.24. The second-order valence-electron chi connectivity index (χ2n) is 6.91. The summed E-state index contributed by atoms with van der Waals surface area (Å²) >= 11 is 0. The van der Waals surface area contributed by atoms with Crippen LogP contribution in [0.1, 0.15) is 69.1 Å². The Morgan fingerprint density at radius 3 is 2.11 bits per heavy atom. The molecule has 4 nitrogen and oxygen atoms in total. The molecule has 98 valence electrons. The maximum absolute atomic E-state index is 11.8. The normalized spacial score (nSPS) is 15.6. The molecule has 1 aromatic heterocycles. The number of hydrogen-bond acceptors (Lipinski definition) is 3. The van der Waals surface area contributed by atoms with Crippen molar-refractivity contribution in [2.75, 3.05) is 0 Å². The Kier molecular flexibility index (Phi) is 2.72. The second kappa shape index (κ2) is 3.77. The van der Waals surface area contributed by atoms with E-state index in [0.717, 1.165) is 17.1 Å². The Bertz CT molecular complexity index is 507. The van der Waals surface area contributed by atoms with Gasteiger partial charge in [0.1, 0.15) is 11.5 Å². The largest absolute Gasteiger partial charge is 0.346 e. The van der Waals surface area contributed by atoms with Gasteiger partial charge in [-0.1, -0.05) is 41.5 Å². The van der Waals surface area contributed by atoms with Crippen molar-refractivity contribution in [1.82, 2.24) is 15.3 Å². The maximum Gasteiger partial charge on any atom is 0.270 e. The molecular weight excluding hydrogens is 226 g/mol. The third-order valence-corrected chi connectivity index (χ3v) is 3.03. The van der Waals surface area contributed by atoms with Crippen LogP contribution in [0.5, 0.6) is 0 Å². The summed E-state index contributed by atoms with van der Waals surface area (Å²) in [4.78, 5) is 21.0. The monoisotopic (exact) mass is 247 g/mol. The minimum Gasteiger partial charge on any atom is -0.346 e. The summed E-state index contributed by atoms with van der Waals surface area (Å²) in [6, 6.07) is 0. The minimum absolute atomic E-state index is 0.0802. The number of carbonyl (C=O) groups is 1. The summed E-state index contributed by atoms with van der Waals surface area (Å²) < 4.78 is 0. The maximum atomic E-state index is 11.8. The van der Waals surface area contributed by atoms with Crippen molar-refractivity contribution in [3.8, 4) is 0 Å². The molecule has 1 aliphatic heterocycles. The second-order valence-corrected chi connectivity index (χ2v) is 6.91. The highest BCUT2D eigenvalue weighted by Crippen LogP contribution is 2.30. The molecule has 0 bridgehead atoms. The molecule has 0 saturated heterocycles. The average Bonchev–Trinajstić information content (AvgIpc) is 2.56. The molecule has 0 spiro atoms. The molecule has 1 amide bonds. The smallest absolute Gasteiger partial charge is 0.270 e. The molecule has 1 N–H and O–H groups in total. The van der Waals surface area contributed by atoms with E-state index in [4.69, 9.17) is 4.98 Å². The number of carbonyl (C=O) groups excluding carboxylic acids is 1. The molecule has 18 heavy (non-hydrogen) atoms. The van der Waals surface area contributed by atoms with Crippen LogP contribution >= 0.6 is 0 Å². The first-order valence-electron chi connectivity index (χ1n) is 6.31. The first-order chi connectivity index (χ1) is 8.10. The fourth-order valence-electron chi connectivity index (χ4n) is 2.05. The molecule has 0 saturated carbocycles. The van der Waals surface area contributed by atoms with Gasteiger partial charge in [-0.05, 0) is 0 Å². The van der Waals surface area contributed by atoms with Gasteiger partial charge in [-0.2, -0.15) is 0 Å². The quantitative estimate of drug-likeness (QED) is 0.765. The molecule has 0 radical (unpaired) electrons. The lowest BCUT2D eigenvalue weighted by atomic mass is 9.87. The van der Waals surface area contributed by atoms with Crippen molar-refractivity contribution < 1.29 is 4.79 Å². The molecule has 0 atom stereocenters. The van der Waals surface area contributed by atoms with E-state index in [0.29, 0.717) is 12.2 Å². The average molecular weight is 247 g/mol. The SMILES string of the molecule is CC(C)(C)c1nc2c(c(C(C)(C)C)n1)CNC2=O. The highest BCUT2D eigenvalue weighted by molar-refractivity contribution is 5.96. The first kappa shape index (κ1) is 13.0. The molecule has 2 heterocycles. The molecule has 1 aromatic rings. The highest BCUT2D eigenvalue weighted by Gasteiger charge is 2.32. The summed E-state index contributed by atoms with van der Waals surface area (Å²) in [5, 5.41) is 2.83. The summed E-state index contributed by atoms with van der Waals surface area (Å²) in [7, 11) is 0. The Morgan fingerprint density at radius 2 is 1.61 bits per heavy atom. The molecule has 4 heteroatoms. The fourth-order valence-corrected chi connectivity index (χ4v) is 2.05. The Labute approximate surface area is 108 Å². The summed E-state index contributed by atoms with van der Waals surface area (Å²) in [5.41, 5.74) is 2.26. The van der Waals surface area contributed by atoms with E-state index in [1.54, 1.807) is 0 Å². The van der Waals surface area contributed by atoms with E-state index < -0.39 is 0 Å². The van der Waals surface area contributed by atoms with Crippen molar-refractivity contribution >= 4 is 5.91 Å². The van der Waals surface area contributed by atoms with E-state index >= 15 is 0 Å². The number of nitrogens with one attached hydrogen (secondary N) is 1. The Morgan fingerprint density at radius 1 is 1.00 bits per heavy atom. The topological polar surface area (TPSA) is 54.9 Å². The zero-order valence-corrected chi connectivity index (χ0v) is 12.0. The number of rotatable bonds is 0. The van der Waals surface area contributed by atoms with E-state index in [9.17, 15) is 4.79 Å². The van der Waals surface area contributed by atoms with Gasteiger partial charge in [-0.3, -0.25) is 4.79 Å². The summed E-state index contributed by atoms with van der Waals surface area (Å²) in [5.74, 6) is 0.659. The molecule has 1 aliphatic rings. The lowest BCUT2D eigenvalue weighted by Crippen LogP contribution is -2.24. The van der Waals surface area contributed by atoms with Crippen LogP contribution in [0, 0.1) is 0 Å². The van der Waals surface area contributed by atoms with Crippen molar-refractivity contribution in [2.24, 2.45) is 0 Å². The van der Waals surface area contributed by atoms with Gasteiger partial charge in [0.05, 0.1) is 5.69 Å². The van der Waals surface area contributed by atoms with Crippen LogP contribution in [0.4, 0.5) is 0 Å². The van der Waals surface area contributed by atoms with Gasteiger partial charge in [-0.25, -0.2) is 9.97 Å². The number of fused-ring (bicyclic) bond motifs is 1. The number of amides is 1. The molecule has 0 aliphatic carbocycles. The van der Waals surface area contributed by atoms with Gasteiger partial charge < -0.3 is 5.32 Å². The zero-order chi connectivity index (χ0) is 13.7. The van der Waals surface area contributed by atoms with Crippen molar-refractivity contribution in [1.29, 1.82) is 0 Å². The number of nitrogens with zero attached hydrogens (tertiary/aromatic N) is 2. The van der Waals surface area contributed by atoms with Gasteiger partial charge >= 0.3 is 0 Å². The van der Waals surface area contributed by atoms with Crippen molar-refractivity contribution in [2.45, 2.75) is 58.9 Å². The van der Waals surface area contributed by atoms with Crippen LogP contribution in [-0.2, 0) is 17.4 Å². The number of hydrogen-bond donors (Lipinski definition) is 1. The van der Waals surface area contributed by atoms with Crippen LogP contribution in [0.2, 0.25) is 0 Å². The van der Waals surface area contributed by atoms with E-state index in [-0.39, 0.29) is 16.7 Å². The summed E-state index contributed by atoms with van der Waals surface area (Å²) in [6.07, 6.45) is 0. The van der Waals surface area contributed by atoms with E-state index in [1.165, 1.54) is 0 Å². The first-order valence-corrected chi connectivity index (χ1v) is 6.31. The van der Waals surface area contributed by atoms with E-state index in [2.05, 4.69) is 51.8 Å². The van der Waals surface area contributed by atoms with Gasteiger partial charge in [0.25, 0.3) is 5.91 Å². The van der Waals surface area contributed by atoms with Crippen LogP contribution in [0.3, 0.4) is 0 Å². The van der Waals surface area contributed by atoms with Gasteiger partial charge in [-0.15, -0.1) is 0 Å². The highest BCUT2D eigenvalue weighted by atomic mass is 16.2. The standard InChI is InChI=1S/C14H21N3O/c1-13(2,3)10-8-7-15-11(18)9(8)16-12(17-10)14(4,5)6/h7H2,1-6H3,(H,15,18). The van der Waals surface area contributed by atoms with Crippen molar-refractivity contribution in [3.63, 3.8) is 0 Å². The van der Waals surface area contributed by atoms with Gasteiger partial charge in [0, 0.05) is 22.9 Å². The minimum atomic E-state index is -0.155. The zero-order valence-electron chi connectivity index (χ0n) is 12.0. The van der Waals surface area contributed by atoms with Crippen LogP contribution in [0.15, 0.2) is 0 Å². The number of aromatic nitrogens is 2. The van der Waals surface area contributed by atoms with Crippen molar-refractivity contribution in [3.05, 3.63) is 22.8 Å². The van der Waals surface area contributed by atoms with Crippen LogP contribution in [-0.4, -0.2) is 15.9 Å². The third-order valence-electron chi connectivity index (χ3n) is 3.03. The van der Waals surface area contributed by atoms with Crippen LogP contribution < -0.4 is 5.32 Å². The predicted molar refractivity (Wildman–Crippen MR) is 70.6 cm³/mol. The third kappa shape index (κ3) is 2.11. The fraction of sp³-hybridized carbons (Fsp3) is 0.643. The summed E-state index contributed by atoms with van der Waals surface area (Å²) in [6.45, 7) is 13.1. The Balaban J connectivity index is 2.71. The lowest BCUT2D eigenvalue weighted by molar-refractivity contribution is 0.0961. The van der Waals surface area contributed by atoms with E-state index in [1.807, 2.05) is 0 Å². The van der Waals surface area contributed by atoms with Gasteiger partial charge in [0.2, 0.25) is 0 Å². The Hall–Kier alpha value is -1.45. The molecular formula is C14H21N3O. The predicted octanol–water partition coefficient (Wildman–Crippen LogP) is 2.31. The van der Waals surface area contributed by atoms with Gasteiger partial charge in [0.15, 0.2) is 0 Å². The molecule has 0 fully saturated rings. The molecule has 0 unspecified atom stereocenters. The molecule has 0 aromatic carbocycles. The molecule has 2 rings (SSSR count).